The number of aryl methyl sites for hydroxylation is 2. The Hall–Kier alpha value is -2.82. The molecule has 0 aromatic heterocycles. The Morgan fingerprint density at radius 3 is 2.67 bits per heavy atom. The summed E-state index contributed by atoms with van der Waals surface area (Å²) < 4.78 is 0. The van der Waals surface area contributed by atoms with Crippen LogP contribution in [0.2, 0.25) is 0 Å². The quantitative estimate of drug-likeness (QED) is 0.763. The molecule has 0 heterocycles. The minimum Gasteiger partial charge on any atom is -0.508 e. The molecule has 0 saturated heterocycles. The van der Waals surface area contributed by atoms with Crippen LogP contribution in [0.25, 0.3) is 0 Å². The van der Waals surface area contributed by atoms with Gasteiger partial charge in [-0.1, -0.05) is 24.3 Å². The van der Waals surface area contributed by atoms with Crippen LogP contribution in [0.1, 0.15) is 57.9 Å². The first-order chi connectivity index (χ1) is 13.0. The number of fused-ring (bicyclic) bond motifs is 1. The highest BCUT2D eigenvalue weighted by atomic mass is 16.3. The van der Waals surface area contributed by atoms with E-state index in [1.165, 1.54) is 17.2 Å². The molecule has 5 heteroatoms. The standard InChI is InChI=1S/C22H24N2O3/c1-13-2-4-17(11-20(13)25)21(26)23-12-14-3-8-18-16(10-14)7-9-19(18)24-22(27)15-5-6-15/h2-4,8,10-11,15,19,25H,5-7,9,12H2,1H3,(H,23,26)(H,24,27). The van der Waals surface area contributed by atoms with Gasteiger partial charge in [-0.25, -0.2) is 0 Å². The van der Waals surface area contributed by atoms with E-state index in [1.807, 2.05) is 6.07 Å². The van der Waals surface area contributed by atoms with Gasteiger partial charge in [-0.05, 0) is 67.0 Å². The Kier molecular flexibility index (Phi) is 4.60. The van der Waals surface area contributed by atoms with Crippen LogP contribution in [0.5, 0.6) is 5.75 Å². The zero-order valence-electron chi connectivity index (χ0n) is 15.4. The van der Waals surface area contributed by atoms with Gasteiger partial charge in [0.25, 0.3) is 5.91 Å². The lowest BCUT2D eigenvalue weighted by atomic mass is 10.0. The predicted molar refractivity (Wildman–Crippen MR) is 102 cm³/mol. The lowest BCUT2D eigenvalue weighted by Gasteiger charge is -2.14. The molecular weight excluding hydrogens is 340 g/mol. The van der Waals surface area contributed by atoms with Gasteiger partial charge in [0.1, 0.15) is 5.75 Å². The third kappa shape index (κ3) is 3.82. The summed E-state index contributed by atoms with van der Waals surface area (Å²) >= 11 is 0. The Morgan fingerprint density at radius 2 is 1.93 bits per heavy atom. The summed E-state index contributed by atoms with van der Waals surface area (Å²) in [6.07, 6.45) is 3.91. The van der Waals surface area contributed by atoms with Crippen molar-refractivity contribution in [1.82, 2.24) is 10.6 Å². The van der Waals surface area contributed by atoms with Gasteiger partial charge in [0.2, 0.25) is 5.91 Å². The number of amides is 2. The molecule has 2 amide bonds. The van der Waals surface area contributed by atoms with Gasteiger partial charge in [0.15, 0.2) is 0 Å². The van der Waals surface area contributed by atoms with Crippen molar-refractivity contribution in [1.29, 1.82) is 0 Å². The Balaban J connectivity index is 1.38. The summed E-state index contributed by atoms with van der Waals surface area (Å²) in [6.45, 7) is 2.22. The summed E-state index contributed by atoms with van der Waals surface area (Å²) in [4.78, 5) is 24.3. The van der Waals surface area contributed by atoms with Crippen molar-refractivity contribution in [3.63, 3.8) is 0 Å². The smallest absolute Gasteiger partial charge is 0.251 e. The lowest BCUT2D eigenvalue weighted by molar-refractivity contribution is -0.123. The molecule has 0 spiro atoms. The predicted octanol–water partition coefficient (Wildman–Crippen LogP) is 3.14. The first-order valence-electron chi connectivity index (χ1n) is 9.51. The topological polar surface area (TPSA) is 78.4 Å². The average Bonchev–Trinajstić information content (AvgIpc) is 3.44. The van der Waals surface area contributed by atoms with Gasteiger partial charge in [0, 0.05) is 18.0 Å². The maximum Gasteiger partial charge on any atom is 0.251 e. The lowest BCUT2D eigenvalue weighted by Crippen LogP contribution is -2.28. The van der Waals surface area contributed by atoms with E-state index >= 15 is 0 Å². The maximum atomic E-state index is 12.3. The van der Waals surface area contributed by atoms with Crippen LogP contribution in [0.3, 0.4) is 0 Å². The Bertz CT molecular complexity index is 902. The van der Waals surface area contributed by atoms with Crippen molar-refractivity contribution in [2.24, 2.45) is 5.92 Å². The fourth-order valence-electron chi connectivity index (χ4n) is 3.60. The van der Waals surface area contributed by atoms with Crippen molar-refractivity contribution < 1.29 is 14.7 Å². The summed E-state index contributed by atoms with van der Waals surface area (Å²) in [5.41, 5.74) is 4.67. The van der Waals surface area contributed by atoms with Crippen LogP contribution in [-0.4, -0.2) is 16.9 Å². The molecule has 1 atom stereocenters. The van der Waals surface area contributed by atoms with Crippen molar-refractivity contribution >= 4 is 11.8 Å². The first-order valence-corrected chi connectivity index (χ1v) is 9.51. The molecule has 4 rings (SSSR count). The number of carbonyl (C=O) groups is 2. The van der Waals surface area contributed by atoms with Crippen molar-refractivity contribution in [2.75, 3.05) is 0 Å². The minimum absolute atomic E-state index is 0.118. The van der Waals surface area contributed by atoms with Gasteiger partial charge < -0.3 is 15.7 Å². The van der Waals surface area contributed by atoms with E-state index in [-0.39, 0.29) is 29.5 Å². The average molecular weight is 364 g/mol. The summed E-state index contributed by atoms with van der Waals surface area (Å²) in [5, 5.41) is 15.8. The zero-order chi connectivity index (χ0) is 19.0. The minimum atomic E-state index is -0.208. The SMILES string of the molecule is Cc1ccc(C(=O)NCc2ccc3c(c2)CCC3NC(=O)C2CC2)cc1O. The monoisotopic (exact) mass is 364 g/mol. The highest BCUT2D eigenvalue weighted by Crippen LogP contribution is 2.34. The maximum absolute atomic E-state index is 12.3. The molecule has 2 aromatic rings. The van der Waals surface area contributed by atoms with Crippen LogP contribution < -0.4 is 10.6 Å². The molecule has 140 valence electrons. The zero-order valence-corrected chi connectivity index (χ0v) is 15.4. The highest BCUT2D eigenvalue weighted by Gasteiger charge is 2.32. The van der Waals surface area contributed by atoms with Gasteiger partial charge in [-0.3, -0.25) is 9.59 Å². The molecule has 5 nitrogen and oxygen atoms in total. The molecule has 27 heavy (non-hydrogen) atoms. The van der Waals surface area contributed by atoms with Gasteiger partial charge >= 0.3 is 0 Å². The third-order valence-corrected chi connectivity index (χ3v) is 5.47. The Morgan fingerprint density at radius 1 is 1.11 bits per heavy atom. The van der Waals surface area contributed by atoms with E-state index in [0.29, 0.717) is 12.1 Å². The van der Waals surface area contributed by atoms with E-state index in [2.05, 4.69) is 22.8 Å². The van der Waals surface area contributed by atoms with E-state index in [1.54, 1.807) is 19.1 Å². The number of phenols is 1. The Labute approximate surface area is 158 Å². The highest BCUT2D eigenvalue weighted by molar-refractivity contribution is 5.94. The normalized spacial score (nSPS) is 18.0. The second-order valence-electron chi connectivity index (χ2n) is 7.59. The summed E-state index contributed by atoms with van der Waals surface area (Å²) in [5.74, 6) is 0.329. The van der Waals surface area contributed by atoms with E-state index in [0.717, 1.165) is 36.8 Å². The molecule has 2 aliphatic rings. The molecule has 0 bridgehead atoms. The number of nitrogens with one attached hydrogen (secondary N) is 2. The molecule has 1 saturated carbocycles. The molecule has 2 aliphatic carbocycles. The molecule has 3 N–H and O–H groups in total. The van der Waals surface area contributed by atoms with Crippen LogP contribution in [-0.2, 0) is 17.8 Å². The number of hydrogen-bond donors (Lipinski definition) is 3. The van der Waals surface area contributed by atoms with E-state index in [9.17, 15) is 14.7 Å². The van der Waals surface area contributed by atoms with Gasteiger partial charge in [-0.2, -0.15) is 0 Å². The molecule has 0 radical (unpaired) electrons. The number of carbonyl (C=O) groups excluding carboxylic acids is 2. The van der Waals surface area contributed by atoms with Crippen molar-refractivity contribution in [3.8, 4) is 5.75 Å². The van der Waals surface area contributed by atoms with Crippen molar-refractivity contribution in [3.05, 3.63) is 64.2 Å². The second-order valence-corrected chi connectivity index (χ2v) is 7.59. The molecule has 1 fully saturated rings. The second kappa shape index (κ2) is 7.06. The fraction of sp³-hybridized carbons (Fsp3) is 0.364. The number of aromatic hydroxyl groups is 1. The van der Waals surface area contributed by atoms with Crippen LogP contribution >= 0.6 is 0 Å². The number of hydrogen-bond acceptors (Lipinski definition) is 3. The third-order valence-electron chi connectivity index (χ3n) is 5.47. The van der Waals surface area contributed by atoms with Crippen LogP contribution in [0.15, 0.2) is 36.4 Å². The molecule has 1 unspecified atom stereocenters. The van der Waals surface area contributed by atoms with E-state index < -0.39 is 0 Å². The van der Waals surface area contributed by atoms with Gasteiger partial charge in [-0.15, -0.1) is 0 Å². The largest absolute Gasteiger partial charge is 0.508 e. The van der Waals surface area contributed by atoms with Crippen molar-refractivity contribution in [2.45, 2.75) is 45.2 Å². The fourth-order valence-corrected chi connectivity index (χ4v) is 3.60. The number of phenolic OH excluding ortho intramolecular Hbond substituents is 1. The first kappa shape index (κ1) is 17.6. The number of benzene rings is 2. The van der Waals surface area contributed by atoms with Crippen LogP contribution in [0, 0.1) is 12.8 Å². The van der Waals surface area contributed by atoms with Crippen LogP contribution in [0.4, 0.5) is 0 Å². The molecule has 0 aliphatic heterocycles. The van der Waals surface area contributed by atoms with Gasteiger partial charge in [0.05, 0.1) is 6.04 Å². The molecular formula is C22H24N2O3. The number of rotatable bonds is 5. The van der Waals surface area contributed by atoms with E-state index in [4.69, 9.17) is 0 Å². The summed E-state index contributed by atoms with van der Waals surface area (Å²) in [7, 11) is 0. The summed E-state index contributed by atoms with van der Waals surface area (Å²) in [6, 6.07) is 11.2. The molecule has 2 aromatic carbocycles.